The fourth-order valence-corrected chi connectivity index (χ4v) is 2.39. The molecule has 0 spiro atoms. The summed E-state index contributed by atoms with van der Waals surface area (Å²) in [6.07, 6.45) is 4.68. The summed E-state index contributed by atoms with van der Waals surface area (Å²) in [5.74, 6) is 0.130. The van der Waals surface area contributed by atoms with E-state index < -0.39 is 5.82 Å². The molecule has 5 nitrogen and oxygen atoms in total. The van der Waals surface area contributed by atoms with E-state index in [-0.39, 0.29) is 11.3 Å². The van der Waals surface area contributed by atoms with Crippen LogP contribution in [-0.4, -0.2) is 22.8 Å². The summed E-state index contributed by atoms with van der Waals surface area (Å²) in [4.78, 5) is 8.35. The lowest BCUT2D eigenvalue weighted by atomic mass is 9.99. The van der Waals surface area contributed by atoms with Crippen molar-refractivity contribution in [2.45, 2.75) is 0 Å². The van der Waals surface area contributed by atoms with Crippen molar-refractivity contribution >= 4 is 11.4 Å². The van der Waals surface area contributed by atoms with E-state index in [9.17, 15) is 4.39 Å². The van der Waals surface area contributed by atoms with Crippen molar-refractivity contribution in [1.29, 1.82) is 5.41 Å². The molecule has 0 aliphatic heterocycles. The molecule has 0 fully saturated rings. The third-order valence-corrected chi connectivity index (χ3v) is 3.62. The normalized spacial score (nSPS) is 10.4. The number of anilines is 1. The van der Waals surface area contributed by atoms with E-state index in [1.54, 1.807) is 49.8 Å². The number of nitrogens with zero attached hydrogens (tertiary/aromatic N) is 2. The average molecular weight is 322 g/mol. The highest BCUT2D eigenvalue weighted by Crippen LogP contribution is 2.29. The minimum Gasteiger partial charge on any atom is -0.496 e. The van der Waals surface area contributed by atoms with Crippen LogP contribution in [0.2, 0.25) is 0 Å². The first-order valence-electron chi connectivity index (χ1n) is 7.19. The predicted molar refractivity (Wildman–Crippen MR) is 90.8 cm³/mol. The van der Waals surface area contributed by atoms with Gasteiger partial charge in [-0.05, 0) is 24.3 Å². The molecule has 2 aromatic heterocycles. The summed E-state index contributed by atoms with van der Waals surface area (Å²) in [5.41, 5.74) is 8.05. The second-order valence-electron chi connectivity index (χ2n) is 5.09. The highest BCUT2D eigenvalue weighted by molar-refractivity contribution is 6.14. The molecule has 0 radical (unpaired) electrons. The van der Waals surface area contributed by atoms with E-state index in [1.165, 1.54) is 12.3 Å². The summed E-state index contributed by atoms with van der Waals surface area (Å²) >= 11 is 0. The minimum atomic E-state index is -0.473. The maximum Gasteiger partial charge on any atom is 0.132 e. The lowest BCUT2D eigenvalue weighted by molar-refractivity contribution is 0.416. The maximum absolute atomic E-state index is 14.0. The van der Waals surface area contributed by atoms with Gasteiger partial charge in [0.15, 0.2) is 0 Å². The molecule has 3 rings (SSSR count). The van der Waals surface area contributed by atoms with Crippen molar-refractivity contribution < 1.29 is 9.13 Å². The van der Waals surface area contributed by atoms with Gasteiger partial charge >= 0.3 is 0 Å². The Morgan fingerprint density at radius 2 is 1.96 bits per heavy atom. The molecule has 2 heterocycles. The Morgan fingerprint density at radius 3 is 2.71 bits per heavy atom. The molecule has 0 amide bonds. The fraction of sp³-hybridized carbons (Fsp3) is 0.0556. The SMILES string of the molecule is COc1ccncc1-c1cc(C(=N)c2ccccc2F)c(N)cn1. The van der Waals surface area contributed by atoms with Crippen LogP contribution in [0.1, 0.15) is 11.1 Å². The Hall–Kier alpha value is -3.28. The van der Waals surface area contributed by atoms with Crippen molar-refractivity contribution in [3.63, 3.8) is 0 Å². The Bertz CT molecular complexity index is 911. The maximum atomic E-state index is 14.0. The second kappa shape index (κ2) is 6.45. The van der Waals surface area contributed by atoms with Crippen LogP contribution in [-0.2, 0) is 0 Å². The Kier molecular flexibility index (Phi) is 4.20. The van der Waals surface area contributed by atoms with Gasteiger partial charge in [0.05, 0.1) is 36.0 Å². The fourth-order valence-electron chi connectivity index (χ4n) is 2.39. The highest BCUT2D eigenvalue weighted by Gasteiger charge is 2.15. The van der Waals surface area contributed by atoms with Crippen LogP contribution < -0.4 is 10.5 Å². The molecule has 24 heavy (non-hydrogen) atoms. The molecular weight excluding hydrogens is 307 g/mol. The summed E-state index contributed by atoms with van der Waals surface area (Å²) in [5, 5.41) is 8.32. The molecule has 3 aromatic rings. The summed E-state index contributed by atoms with van der Waals surface area (Å²) in [6.45, 7) is 0. The molecule has 6 heteroatoms. The van der Waals surface area contributed by atoms with Crippen LogP contribution in [0, 0.1) is 11.2 Å². The number of ether oxygens (including phenoxy) is 1. The number of methoxy groups -OCH3 is 1. The van der Waals surface area contributed by atoms with Crippen molar-refractivity contribution in [2.75, 3.05) is 12.8 Å². The molecule has 0 aliphatic carbocycles. The molecule has 1 aromatic carbocycles. The molecule has 0 unspecified atom stereocenters. The number of rotatable bonds is 4. The lowest BCUT2D eigenvalue weighted by Gasteiger charge is -2.12. The lowest BCUT2D eigenvalue weighted by Crippen LogP contribution is -2.08. The topological polar surface area (TPSA) is 84.9 Å². The largest absolute Gasteiger partial charge is 0.496 e. The van der Waals surface area contributed by atoms with Gasteiger partial charge in [0.1, 0.15) is 11.6 Å². The van der Waals surface area contributed by atoms with Crippen molar-refractivity contribution in [3.05, 3.63) is 71.9 Å². The number of nitrogens with one attached hydrogen (secondary N) is 1. The van der Waals surface area contributed by atoms with Gasteiger partial charge in [-0.25, -0.2) is 4.39 Å². The average Bonchev–Trinajstić information content (AvgIpc) is 2.62. The molecule has 0 bridgehead atoms. The van der Waals surface area contributed by atoms with Crippen LogP contribution in [0.5, 0.6) is 5.75 Å². The number of pyridine rings is 2. The molecule has 0 aliphatic rings. The number of halogens is 1. The van der Waals surface area contributed by atoms with E-state index in [4.69, 9.17) is 15.9 Å². The highest BCUT2D eigenvalue weighted by atomic mass is 19.1. The molecule has 0 saturated heterocycles. The van der Waals surface area contributed by atoms with Crippen LogP contribution in [0.3, 0.4) is 0 Å². The zero-order valence-corrected chi connectivity index (χ0v) is 13.0. The zero-order valence-electron chi connectivity index (χ0n) is 13.0. The van der Waals surface area contributed by atoms with Crippen LogP contribution in [0.25, 0.3) is 11.3 Å². The molecule has 0 saturated carbocycles. The predicted octanol–water partition coefficient (Wildman–Crippen LogP) is 3.29. The standard InChI is InChI=1S/C18H15FN4O/c1-24-17-6-7-22-9-13(17)16-8-12(15(20)10-23-16)18(21)11-4-2-3-5-14(11)19/h2-10,21H,20H2,1H3. The van der Waals surface area contributed by atoms with E-state index >= 15 is 0 Å². The number of aromatic nitrogens is 2. The smallest absolute Gasteiger partial charge is 0.132 e. The number of hydrogen-bond acceptors (Lipinski definition) is 5. The van der Waals surface area contributed by atoms with Gasteiger partial charge in [-0.2, -0.15) is 0 Å². The van der Waals surface area contributed by atoms with Crippen molar-refractivity contribution in [1.82, 2.24) is 9.97 Å². The van der Waals surface area contributed by atoms with E-state index in [1.807, 2.05) is 0 Å². The number of nitrogens with two attached hydrogens (primary N) is 1. The van der Waals surface area contributed by atoms with E-state index in [0.29, 0.717) is 28.3 Å². The van der Waals surface area contributed by atoms with Crippen LogP contribution in [0.15, 0.2) is 55.0 Å². The van der Waals surface area contributed by atoms with Gasteiger partial charge in [-0.15, -0.1) is 0 Å². The zero-order chi connectivity index (χ0) is 17.1. The van der Waals surface area contributed by atoms with E-state index in [2.05, 4.69) is 9.97 Å². The molecule has 120 valence electrons. The number of hydrogen-bond donors (Lipinski definition) is 2. The summed E-state index contributed by atoms with van der Waals surface area (Å²) in [6, 6.07) is 9.47. The van der Waals surface area contributed by atoms with Gasteiger partial charge in [0, 0.05) is 23.5 Å². The van der Waals surface area contributed by atoms with Gasteiger partial charge in [-0.3, -0.25) is 15.4 Å². The summed E-state index contributed by atoms with van der Waals surface area (Å²) < 4.78 is 19.3. The first kappa shape index (κ1) is 15.6. The molecule has 3 N–H and O–H groups in total. The van der Waals surface area contributed by atoms with Crippen LogP contribution in [0.4, 0.5) is 10.1 Å². The first-order chi connectivity index (χ1) is 11.6. The van der Waals surface area contributed by atoms with E-state index in [0.717, 1.165) is 0 Å². The Morgan fingerprint density at radius 1 is 1.17 bits per heavy atom. The number of nitrogen functional groups attached to an aromatic ring is 1. The first-order valence-corrected chi connectivity index (χ1v) is 7.19. The van der Waals surface area contributed by atoms with Crippen LogP contribution >= 0.6 is 0 Å². The van der Waals surface area contributed by atoms with Crippen molar-refractivity contribution in [3.8, 4) is 17.0 Å². The second-order valence-corrected chi connectivity index (χ2v) is 5.09. The van der Waals surface area contributed by atoms with Gasteiger partial charge in [0.2, 0.25) is 0 Å². The van der Waals surface area contributed by atoms with Gasteiger partial charge in [0.25, 0.3) is 0 Å². The Balaban J connectivity index is 2.10. The van der Waals surface area contributed by atoms with Gasteiger partial charge in [-0.1, -0.05) is 12.1 Å². The summed E-state index contributed by atoms with van der Waals surface area (Å²) in [7, 11) is 1.55. The van der Waals surface area contributed by atoms with Gasteiger partial charge < -0.3 is 10.5 Å². The minimum absolute atomic E-state index is 0.00268. The third-order valence-electron chi connectivity index (χ3n) is 3.62. The van der Waals surface area contributed by atoms with Crippen molar-refractivity contribution in [2.24, 2.45) is 0 Å². The molecule has 0 atom stereocenters. The third kappa shape index (κ3) is 2.81. The monoisotopic (exact) mass is 322 g/mol. The quantitative estimate of drug-likeness (QED) is 0.722. The number of benzene rings is 1. The Labute approximate surface area is 138 Å². The molecular formula is C18H15FN4O.